The van der Waals surface area contributed by atoms with Gasteiger partial charge in [-0.25, -0.2) is 8.42 Å². The maximum absolute atomic E-state index is 14.0. The molecule has 0 saturated carbocycles. The second-order valence-corrected chi connectivity index (χ2v) is 15.3. The maximum Gasteiger partial charge on any atom is 0.316 e. The number of hydrogen-bond donors (Lipinski definition) is 0. The second kappa shape index (κ2) is 8.80. The third-order valence-corrected chi connectivity index (χ3v) is 11.0. The van der Waals surface area contributed by atoms with Gasteiger partial charge in [0, 0.05) is 18.7 Å². The first-order chi connectivity index (χ1) is 19.3. The average molecular weight is 582 g/mol. The quantitative estimate of drug-likeness (QED) is 0.496. The summed E-state index contributed by atoms with van der Waals surface area (Å²) in [4.78, 5) is 15.9. The summed E-state index contributed by atoms with van der Waals surface area (Å²) in [5, 5.41) is -0.693. The molecule has 4 aliphatic heterocycles. The van der Waals surface area contributed by atoms with E-state index in [1.807, 2.05) is 52.8 Å². The van der Waals surface area contributed by atoms with Crippen molar-refractivity contribution in [3.05, 3.63) is 59.4 Å². The molecular formula is C31H35NO8S. The summed E-state index contributed by atoms with van der Waals surface area (Å²) in [5.41, 5.74) is 0.939. The lowest BCUT2D eigenvalue weighted by molar-refractivity contribution is -0.162. The van der Waals surface area contributed by atoms with Crippen LogP contribution in [0.25, 0.3) is 5.57 Å². The monoisotopic (exact) mass is 581 g/mol. The summed E-state index contributed by atoms with van der Waals surface area (Å²) in [5.74, 6) is 0.317. The number of carbonyl (C=O) groups is 1. The molecule has 2 aromatic rings. The number of carbonyl (C=O) groups excluding carboxylic acids is 1. The lowest BCUT2D eigenvalue weighted by atomic mass is 9.81. The highest BCUT2D eigenvalue weighted by Gasteiger charge is 2.69. The van der Waals surface area contributed by atoms with Gasteiger partial charge < -0.3 is 23.7 Å². The highest BCUT2D eigenvalue weighted by molar-refractivity contribution is 7.92. The van der Waals surface area contributed by atoms with Gasteiger partial charge in [0.2, 0.25) is 6.79 Å². The number of ether oxygens (including phenoxy) is 5. The SMILES string of the molecule is CC1(C)O[C@@H]2C(OC(=O)C(C)(C)C)=C3c4cc5c(cc4CCN4C[C@H](S(=O)(=O)c6ccccc6)C[C@]34[C@@H]2O1)OCO5. The number of nitrogens with zero attached hydrogens (tertiary/aromatic N) is 1. The molecule has 0 radical (unpaired) electrons. The van der Waals surface area contributed by atoms with Crippen molar-refractivity contribution in [3.63, 3.8) is 0 Å². The summed E-state index contributed by atoms with van der Waals surface area (Å²) in [6.07, 6.45) is -0.354. The highest BCUT2D eigenvalue weighted by atomic mass is 32.2. The number of rotatable bonds is 3. The third-order valence-electron chi connectivity index (χ3n) is 8.88. The minimum Gasteiger partial charge on any atom is -0.454 e. The van der Waals surface area contributed by atoms with E-state index in [-0.39, 0.29) is 13.2 Å². The molecular weight excluding hydrogens is 546 g/mol. The van der Waals surface area contributed by atoms with Gasteiger partial charge in [-0.05, 0) is 82.9 Å². The lowest BCUT2D eigenvalue weighted by Crippen LogP contribution is -2.53. The molecule has 2 fully saturated rings. The van der Waals surface area contributed by atoms with Gasteiger partial charge in [-0.2, -0.15) is 0 Å². The van der Waals surface area contributed by atoms with Crippen LogP contribution >= 0.6 is 0 Å². The molecule has 2 saturated heterocycles. The maximum atomic E-state index is 14.0. The molecule has 218 valence electrons. The molecule has 9 nitrogen and oxygen atoms in total. The van der Waals surface area contributed by atoms with Crippen molar-refractivity contribution in [2.24, 2.45) is 5.41 Å². The third kappa shape index (κ3) is 3.98. The first kappa shape index (κ1) is 26.9. The fourth-order valence-electron chi connectivity index (χ4n) is 7.01. The number of hydrogen-bond acceptors (Lipinski definition) is 9. The van der Waals surface area contributed by atoms with Crippen molar-refractivity contribution >= 4 is 21.4 Å². The van der Waals surface area contributed by atoms with Crippen LogP contribution in [-0.4, -0.2) is 68.0 Å². The number of fused-ring (bicyclic) bond motifs is 4. The summed E-state index contributed by atoms with van der Waals surface area (Å²) in [6.45, 7) is 10.1. The highest BCUT2D eigenvalue weighted by Crippen LogP contribution is 2.60. The molecule has 1 spiro atoms. The van der Waals surface area contributed by atoms with Crippen LogP contribution in [0.1, 0.15) is 52.2 Å². The summed E-state index contributed by atoms with van der Waals surface area (Å²) in [6, 6.07) is 12.5. The second-order valence-electron chi connectivity index (χ2n) is 13.0. The van der Waals surface area contributed by atoms with Gasteiger partial charge in [-0.3, -0.25) is 9.69 Å². The average Bonchev–Trinajstić information content (AvgIpc) is 3.64. The van der Waals surface area contributed by atoms with E-state index < -0.39 is 50.0 Å². The van der Waals surface area contributed by atoms with Gasteiger partial charge in [0.05, 0.1) is 21.1 Å². The topological polar surface area (TPSA) is 101 Å². The van der Waals surface area contributed by atoms with E-state index in [9.17, 15) is 13.2 Å². The lowest BCUT2D eigenvalue weighted by Gasteiger charge is -2.40. The van der Waals surface area contributed by atoms with Gasteiger partial charge in [-0.1, -0.05) is 18.2 Å². The molecule has 0 aromatic heterocycles. The molecule has 1 aliphatic carbocycles. The van der Waals surface area contributed by atoms with Crippen LogP contribution in [0.4, 0.5) is 0 Å². The smallest absolute Gasteiger partial charge is 0.316 e. The Hall–Kier alpha value is -2.92. The van der Waals surface area contributed by atoms with E-state index in [1.165, 1.54) is 0 Å². The molecule has 10 heteroatoms. The molecule has 2 aromatic carbocycles. The predicted molar refractivity (Wildman–Crippen MR) is 149 cm³/mol. The fraction of sp³-hybridized carbons (Fsp3) is 0.516. The van der Waals surface area contributed by atoms with E-state index in [0.29, 0.717) is 41.7 Å². The Bertz CT molecular complexity index is 1570. The van der Waals surface area contributed by atoms with Crippen LogP contribution in [0, 0.1) is 5.41 Å². The summed E-state index contributed by atoms with van der Waals surface area (Å²) >= 11 is 0. The van der Waals surface area contributed by atoms with Crippen LogP contribution in [0.15, 0.2) is 53.1 Å². The minimum atomic E-state index is -3.67. The van der Waals surface area contributed by atoms with Gasteiger partial charge >= 0.3 is 5.97 Å². The van der Waals surface area contributed by atoms with Crippen molar-refractivity contribution in [1.82, 2.24) is 4.90 Å². The molecule has 41 heavy (non-hydrogen) atoms. The van der Waals surface area contributed by atoms with Crippen LogP contribution in [-0.2, 0) is 35.3 Å². The molecule has 7 rings (SSSR count). The van der Waals surface area contributed by atoms with E-state index in [0.717, 1.165) is 16.7 Å². The van der Waals surface area contributed by atoms with Crippen LogP contribution in [0.2, 0.25) is 0 Å². The van der Waals surface area contributed by atoms with Crippen molar-refractivity contribution < 1.29 is 36.9 Å². The largest absolute Gasteiger partial charge is 0.454 e. The standard InChI is InChI=1S/C31H35NO8S/c1-29(2,3)28(33)38-25-24-21-14-23-22(36-17-37-23)13-18(21)11-12-32-16-20(41(34,35)19-9-7-6-8-10-19)15-31(24,32)27-26(25)39-30(4,5)40-27/h6-10,13-14,20,26-27H,11-12,15-17H2,1-5H3/t20-,26-,27-,31-/m1/s1. The molecule has 0 unspecified atom stereocenters. The van der Waals surface area contributed by atoms with Gasteiger partial charge in [0.15, 0.2) is 27.1 Å². The zero-order chi connectivity index (χ0) is 28.9. The first-order valence-corrected chi connectivity index (χ1v) is 15.7. The predicted octanol–water partition coefficient (Wildman–Crippen LogP) is 4.09. The molecule has 4 heterocycles. The Morgan fingerprint density at radius 3 is 2.46 bits per heavy atom. The van der Waals surface area contributed by atoms with Crippen LogP contribution in [0.5, 0.6) is 11.5 Å². The Balaban J connectivity index is 1.45. The van der Waals surface area contributed by atoms with Gasteiger partial charge in [-0.15, -0.1) is 0 Å². The van der Waals surface area contributed by atoms with E-state index in [1.54, 1.807) is 24.3 Å². The normalized spacial score (nSPS) is 29.9. The number of benzene rings is 2. The van der Waals surface area contributed by atoms with Crippen molar-refractivity contribution in [3.8, 4) is 11.5 Å². The minimum absolute atomic E-state index is 0.128. The van der Waals surface area contributed by atoms with Gasteiger partial charge in [0.25, 0.3) is 0 Å². The van der Waals surface area contributed by atoms with E-state index in [2.05, 4.69) is 4.90 Å². The van der Waals surface area contributed by atoms with Crippen molar-refractivity contribution in [2.45, 2.75) is 81.1 Å². The summed E-state index contributed by atoms with van der Waals surface area (Å²) in [7, 11) is -3.67. The van der Waals surface area contributed by atoms with Crippen LogP contribution < -0.4 is 9.47 Å². The Morgan fingerprint density at radius 1 is 1.05 bits per heavy atom. The van der Waals surface area contributed by atoms with Crippen molar-refractivity contribution in [1.29, 1.82) is 0 Å². The Labute approximate surface area is 240 Å². The number of sulfone groups is 1. The molecule has 5 aliphatic rings. The Kier molecular flexibility index (Phi) is 5.78. The molecule has 0 N–H and O–H groups in total. The first-order valence-electron chi connectivity index (χ1n) is 14.1. The van der Waals surface area contributed by atoms with Crippen LogP contribution in [0.3, 0.4) is 0 Å². The number of esters is 1. The molecule has 4 atom stereocenters. The van der Waals surface area contributed by atoms with Gasteiger partial charge in [0.1, 0.15) is 18.0 Å². The summed E-state index contributed by atoms with van der Waals surface area (Å²) < 4.78 is 58.9. The zero-order valence-corrected chi connectivity index (χ0v) is 24.7. The zero-order valence-electron chi connectivity index (χ0n) is 23.9. The fourth-order valence-corrected chi connectivity index (χ4v) is 8.78. The van der Waals surface area contributed by atoms with E-state index >= 15 is 0 Å². The van der Waals surface area contributed by atoms with Crippen molar-refractivity contribution in [2.75, 3.05) is 19.9 Å². The molecule has 0 amide bonds. The Morgan fingerprint density at radius 2 is 1.76 bits per heavy atom. The van der Waals surface area contributed by atoms with E-state index in [4.69, 9.17) is 23.7 Å². The molecule has 0 bridgehead atoms.